The van der Waals surface area contributed by atoms with Gasteiger partial charge in [-0.15, -0.1) is 0 Å². The van der Waals surface area contributed by atoms with E-state index < -0.39 is 0 Å². The molecule has 0 aromatic carbocycles. The van der Waals surface area contributed by atoms with Crippen LogP contribution in [0.4, 0.5) is 0 Å². The van der Waals surface area contributed by atoms with Crippen molar-refractivity contribution >= 4 is 5.91 Å². The second-order valence-corrected chi connectivity index (χ2v) is 6.36. The number of hydrogen-bond acceptors (Lipinski definition) is 4. The lowest BCUT2D eigenvalue weighted by Gasteiger charge is -2.29. The Morgan fingerprint density at radius 2 is 2.08 bits per heavy atom. The molecule has 7 nitrogen and oxygen atoms in total. The van der Waals surface area contributed by atoms with Crippen LogP contribution in [0.25, 0.3) is 0 Å². The predicted octanol–water partition coefficient (Wildman–Crippen LogP) is 1.44. The molecule has 1 fully saturated rings. The topological polar surface area (TPSA) is 81.8 Å². The lowest BCUT2D eigenvalue weighted by Crippen LogP contribution is -2.38. The summed E-state index contributed by atoms with van der Waals surface area (Å²) in [5.41, 5.74) is 0.819. The van der Waals surface area contributed by atoms with Crippen LogP contribution >= 0.6 is 0 Å². The zero-order valence-corrected chi connectivity index (χ0v) is 13.9. The standard InChI is InChI=1S/C17H23N5O2/c1-13-3-2-4-17(24)21(13)10-9-16(23)20-14-5-7-15(8-6-14)22-12-18-11-19-22/h2-4,11-12,14-15H,5-10H2,1H3,(H,20,23). The minimum Gasteiger partial charge on any atom is -0.353 e. The number of carbonyl (C=O) groups excluding carboxylic acids is 1. The lowest BCUT2D eigenvalue weighted by molar-refractivity contribution is -0.122. The van der Waals surface area contributed by atoms with E-state index in [1.807, 2.05) is 17.7 Å². The van der Waals surface area contributed by atoms with Gasteiger partial charge in [-0.3, -0.25) is 9.59 Å². The van der Waals surface area contributed by atoms with E-state index in [-0.39, 0.29) is 17.5 Å². The van der Waals surface area contributed by atoms with Crippen molar-refractivity contribution in [1.82, 2.24) is 24.6 Å². The fourth-order valence-electron chi connectivity index (χ4n) is 3.31. The lowest BCUT2D eigenvalue weighted by atomic mass is 9.91. The molecule has 0 saturated heterocycles. The van der Waals surface area contributed by atoms with E-state index in [9.17, 15) is 9.59 Å². The summed E-state index contributed by atoms with van der Waals surface area (Å²) in [5.74, 6) is 0.00867. The van der Waals surface area contributed by atoms with Gasteiger partial charge in [-0.1, -0.05) is 6.07 Å². The molecule has 2 aromatic rings. The van der Waals surface area contributed by atoms with Gasteiger partial charge >= 0.3 is 0 Å². The molecule has 2 aromatic heterocycles. The van der Waals surface area contributed by atoms with Gasteiger partial charge in [0.25, 0.3) is 5.56 Å². The van der Waals surface area contributed by atoms with E-state index in [4.69, 9.17) is 0 Å². The average Bonchev–Trinajstić information content (AvgIpc) is 3.09. The summed E-state index contributed by atoms with van der Waals surface area (Å²) >= 11 is 0. The Labute approximate surface area is 140 Å². The van der Waals surface area contributed by atoms with Gasteiger partial charge in [0.05, 0.1) is 6.04 Å². The number of amides is 1. The zero-order valence-electron chi connectivity index (χ0n) is 13.9. The predicted molar refractivity (Wildman–Crippen MR) is 89.5 cm³/mol. The Morgan fingerprint density at radius 1 is 1.29 bits per heavy atom. The molecule has 0 radical (unpaired) electrons. The Bertz CT molecular complexity index is 730. The molecule has 1 N–H and O–H groups in total. The van der Waals surface area contributed by atoms with Gasteiger partial charge in [0.1, 0.15) is 12.7 Å². The second-order valence-electron chi connectivity index (χ2n) is 6.36. The Kier molecular flexibility index (Phi) is 5.08. The minimum absolute atomic E-state index is 0.00867. The number of hydrogen-bond donors (Lipinski definition) is 1. The van der Waals surface area contributed by atoms with Crippen LogP contribution in [0.15, 0.2) is 35.6 Å². The maximum Gasteiger partial charge on any atom is 0.250 e. The van der Waals surface area contributed by atoms with Gasteiger partial charge in [0.2, 0.25) is 5.91 Å². The van der Waals surface area contributed by atoms with Gasteiger partial charge in [-0.05, 0) is 38.7 Å². The first-order chi connectivity index (χ1) is 11.6. The summed E-state index contributed by atoms with van der Waals surface area (Å²) in [4.78, 5) is 28.0. The van der Waals surface area contributed by atoms with Crippen molar-refractivity contribution in [3.05, 3.63) is 46.9 Å². The van der Waals surface area contributed by atoms with Crippen molar-refractivity contribution in [3.8, 4) is 0 Å². The Balaban J connectivity index is 1.45. The van der Waals surface area contributed by atoms with E-state index in [1.54, 1.807) is 23.3 Å². The third-order valence-electron chi connectivity index (χ3n) is 4.70. The molecule has 24 heavy (non-hydrogen) atoms. The number of carbonyl (C=O) groups is 1. The van der Waals surface area contributed by atoms with Crippen LogP contribution in [0.5, 0.6) is 0 Å². The summed E-state index contributed by atoms with van der Waals surface area (Å²) in [7, 11) is 0. The molecule has 0 bridgehead atoms. The second kappa shape index (κ2) is 7.42. The summed E-state index contributed by atoms with van der Waals surface area (Å²) in [6, 6.07) is 5.74. The molecule has 0 unspecified atom stereocenters. The molecule has 0 atom stereocenters. The zero-order chi connectivity index (χ0) is 16.9. The van der Waals surface area contributed by atoms with Crippen LogP contribution in [0.3, 0.4) is 0 Å². The molecule has 3 rings (SSSR count). The first kappa shape index (κ1) is 16.4. The van der Waals surface area contributed by atoms with Gasteiger partial charge in [0.15, 0.2) is 0 Å². The first-order valence-corrected chi connectivity index (χ1v) is 8.43. The summed E-state index contributed by atoms with van der Waals surface area (Å²) in [6.07, 6.45) is 7.51. The molecule has 1 aliphatic rings. The maximum absolute atomic E-state index is 12.2. The molecule has 128 valence electrons. The van der Waals surface area contributed by atoms with Crippen LogP contribution in [-0.4, -0.2) is 31.3 Å². The van der Waals surface area contributed by atoms with Crippen molar-refractivity contribution in [3.63, 3.8) is 0 Å². The normalized spacial score (nSPS) is 20.7. The summed E-state index contributed by atoms with van der Waals surface area (Å²) in [6.45, 7) is 2.30. The number of aromatic nitrogens is 4. The summed E-state index contributed by atoms with van der Waals surface area (Å²) < 4.78 is 3.55. The smallest absolute Gasteiger partial charge is 0.250 e. The fourth-order valence-corrected chi connectivity index (χ4v) is 3.31. The summed E-state index contributed by atoms with van der Waals surface area (Å²) in [5, 5.41) is 7.29. The van der Waals surface area contributed by atoms with Crippen molar-refractivity contribution in [2.24, 2.45) is 0 Å². The SMILES string of the molecule is Cc1cccc(=O)n1CCC(=O)NC1CCC(n2cncn2)CC1. The van der Waals surface area contributed by atoms with E-state index >= 15 is 0 Å². The van der Waals surface area contributed by atoms with Crippen LogP contribution in [0, 0.1) is 6.92 Å². The van der Waals surface area contributed by atoms with Gasteiger partial charge in [0, 0.05) is 30.8 Å². The quantitative estimate of drug-likeness (QED) is 0.900. The monoisotopic (exact) mass is 329 g/mol. The molecular weight excluding hydrogens is 306 g/mol. The highest BCUT2D eigenvalue weighted by Gasteiger charge is 2.23. The van der Waals surface area contributed by atoms with Crippen molar-refractivity contribution in [2.45, 2.75) is 57.7 Å². The first-order valence-electron chi connectivity index (χ1n) is 8.43. The number of nitrogens with zero attached hydrogens (tertiary/aromatic N) is 4. The molecule has 1 aliphatic carbocycles. The molecule has 1 saturated carbocycles. The molecule has 7 heteroatoms. The third kappa shape index (κ3) is 3.90. The van der Waals surface area contributed by atoms with Crippen molar-refractivity contribution in [1.29, 1.82) is 0 Å². The molecule has 1 amide bonds. The maximum atomic E-state index is 12.2. The van der Waals surface area contributed by atoms with Crippen LogP contribution in [0.1, 0.15) is 43.8 Å². The molecule has 2 heterocycles. The average molecular weight is 329 g/mol. The largest absolute Gasteiger partial charge is 0.353 e. The third-order valence-corrected chi connectivity index (χ3v) is 4.70. The van der Waals surface area contributed by atoms with Gasteiger partial charge < -0.3 is 9.88 Å². The van der Waals surface area contributed by atoms with Gasteiger partial charge in [-0.2, -0.15) is 5.10 Å². The fraction of sp³-hybridized carbons (Fsp3) is 0.529. The number of pyridine rings is 1. The number of aryl methyl sites for hydroxylation is 1. The highest BCUT2D eigenvalue weighted by molar-refractivity contribution is 5.76. The molecule has 0 spiro atoms. The van der Waals surface area contributed by atoms with E-state index in [0.717, 1.165) is 31.4 Å². The van der Waals surface area contributed by atoms with Crippen LogP contribution in [0.2, 0.25) is 0 Å². The van der Waals surface area contributed by atoms with E-state index in [1.165, 1.54) is 6.07 Å². The molecule has 0 aliphatic heterocycles. The molecular formula is C17H23N5O2. The highest BCUT2D eigenvalue weighted by atomic mass is 16.2. The Morgan fingerprint density at radius 3 is 2.75 bits per heavy atom. The van der Waals surface area contributed by atoms with Crippen molar-refractivity contribution in [2.75, 3.05) is 0 Å². The van der Waals surface area contributed by atoms with E-state index in [2.05, 4.69) is 15.4 Å². The van der Waals surface area contributed by atoms with Crippen LogP contribution < -0.4 is 10.9 Å². The number of rotatable bonds is 5. The Hall–Kier alpha value is -2.44. The number of nitrogens with one attached hydrogen (secondary N) is 1. The van der Waals surface area contributed by atoms with E-state index in [0.29, 0.717) is 19.0 Å². The van der Waals surface area contributed by atoms with Crippen molar-refractivity contribution < 1.29 is 4.79 Å². The van der Waals surface area contributed by atoms with Crippen LogP contribution in [-0.2, 0) is 11.3 Å². The van der Waals surface area contributed by atoms with Gasteiger partial charge in [-0.25, -0.2) is 9.67 Å². The highest BCUT2D eigenvalue weighted by Crippen LogP contribution is 2.27. The minimum atomic E-state index is -0.0591.